The SMILES string of the molecule is Cc1ccc(SCCNC(=O)c2ccc(NS(=O)(=O)c3cccs3)cc2)cc1. The lowest BCUT2D eigenvalue weighted by atomic mass is 10.2. The molecule has 1 aromatic heterocycles. The maximum absolute atomic E-state index is 12.2. The van der Waals surface area contributed by atoms with E-state index in [9.17, 15) is 13.2 Å². The van der Waals surface area contributed by atoms with Gasteiger partial charge in [-0.2, -0.15) is 0 Å². The van der Waals surface area contributed by atoms with Gasteiger partial charge in [-0.1, -0.05) is 23.8 Å². The van der Waals surface area contributed by atoms with Crippen LogP contribution in [0.2, 0.25) is 0 Å². The molecule has 3 aromatic rings. The average molecular weight is 433 g/mol. The lowest BCUT2D eigenvalue weighted by Crippen LogP contribution is -2.25. The predicted molar refractivity (Wildman–Crippen MR) is 116 cm³/mol. The third-order valence-corrected chi connectivity index (χ3v) is 7.63. The van der Waals surface area contributed by atoms with Crippen molar-refractivity contribution in [3.8, 4) is 0 Å². The van der Waals surface area contributed by atoms with E-state index in [0.717, 1.165) is 17.1 Å². The van der Waals surface area contributed by atoms with E-state index in [1.165, 1.54) is 10.5 Å². The van der Waals surface area contributed by atoms with Crippen LogP contribution in [0.25, 0.3) is 0 Å². The number of anilines is 1. The zero-order valence-corrected chi connectivity index (χ0v) is 17.7. The van der Waals surface area contributed by atoms with Crippen LogP contribution in [0, 0.1) is 6.92 Å². The molecule has 0 atom stereocenters. The molecule has 3 rings (SSSR count). The highest BCUT2D eigenvalue weighted by Crippen LogP contribution is 2.20. The van der Waals surface area contributed by atoms with Crippen LogP contribution in [0.4, 0.5) is 5.69 Å². The highest BCUT2D eigenvalue weighted by atomic mass is 32.2. The number of nitrogens with one attached hydrogen (secondary N) is 2. The van der Waals surface area contributed by atoms with Crippen LogP contribution in [0.1, 0.15) is 15.9 Å². The van der Waals surface area contributed by atoms with Gasteiger partial charge in [-0.15, -0.1) is 23.1 Å². The number of sulfonamides is 1. The highest BCUT2D eigenvalue weighted by Gasteiger charge is 2.15. The lowest BCUT2D eigenvalue weighted by Gasteiger charge is -2.08. The minimum atomic E-state index is -3.58. The van der Waals surface area contributed by atoms with E-state index in [4.69, 9.17) is 0 Å². The summed E-state index contributed by atoms with van der Waals surface area (Å²) < 4.78 is 27.2. The smallest absolute Gasteiger partial charge is 0.271 e. The molecule has 0 unspecified atom stereocenters. The largest absolute Gasteiger partial charge is 0.351 e. The number of carbonyl (C=O) groups is 1. The monoisotopic (exact) mass is 432 g/mol. The molecule has 0 aliphatic carbocycles. The van der Waals surface area contributed by atoms with Gasteiger partial charge in [-0.3, -0.25) is 9.52 Å². The molecule has 28 heavy (non-hydrogen) atoms. The van der Waals surface area contributed by atoms with Crippen molar-refractivity contribution < 1.29 is 13.2 Å². The fourth-order valence-corrected chi connectivity index (χ4v) is 5.20. The lowest BCUT2D eigenvalue weighted by molar-refractivity contribution is 0.0956. The Kier molecular flexibility index (Phi) is 6.77. The third-order valence-electron chi connectivity index (χ3n) is 3.84. The molecular formula is C20H20N2O3S3. The Morgan fingerprint density at radius 2 is 1.75 bits per heavy atom. The first-order valence-corrected chi connectivity index (χ1v) is 11.9. The van der Waals surface area contributed by atoms with Gasteiger partial charge in [0.25, 0.3) is 15.9 Å². The Bertz CT molecular complexity index is 1010. The van der Waals surface area contributed by atoms with Crippen molar-refractivity contribution in [2.45, 2.75) is 16.0 Å². The van der Waals surface area contributed by atoms with Crippen LogP contribution in [0.3, 0.4) is 0 Å². The normalized spacial score (nSPS) is 11.2. The van der Waals surface area contributed by atoms with Gasteiger partial charge < -0.3 is 5.32 Å². The summed E-state index contributed by atoms with van der Waals surface area (Å²) in [6.45, 7) is 2.59. The first-order valence-electron chi connectivity index (χ1n) is 8.58. The Balaban J connectivity index is 1.49. The summed E-state index contributed by atoms with van der Waals surface area (Å²) in [5, 5.41) is 4.58. The van der Waals surface area contributed by atoms with E-state index in [1.807, 2.05) is 6.92 Å². The number of thioether (sulfide) groups is 1. The highest BCUT2D eigenvalue weighted by molar-refractivity contribution is 7.99. The van der Waals surface area contributed by atoms with Gasteiger partial charge in [0.05, 0.1) is 0 Å². The van der Waals surface area contributed by atoms with Crippen molar-refractivity contribution in [2.75, 3.05) is 17.0 Å². The van der Waals surface area contributed by atoms with Crippen molar-refractivity contribution in [1.29, 1.82) is 0 Å². The van der Waals surface area contributed by atoms with Crippen molar-refractivity contribution >= 4 is 44.7 Å². The van der Waals surface area contributed by atoms with Crippen molar-refractivity contribution in [3.63, 3.8) is 0 Å². The molecule has 2 aromatic carbocycles. The minimum absolute atomic E-state index is 0.183. The molecule has 0 saturated heterocycles. The van der Waals surface area contributed by atoms with E-state index in [1.54, 1.807) is 53.5 Å². The zero-order valence-electron chi connectivity index (χ0n) is 15.2. The number of benzene rings is 2. The standard InChI is InChI=1S/C20H20N2O3S3/c1-15-4-10-18(11-5-15)26-14-12-21-20(23)16-6-8-17(9-7-16)22-28(24,25)19-3-2-13-27-19/h2-11,13,22H,12,14H2,1H3,(H,21,23). The zero-order chi connectivity index (χ0) is 20.0. The average Bonchev–Trinajstić information content (AvgIpc) is 3.23. The molecule has 0 saturated carbocycles. The Hall–Kier alpha value is -2.29. The number of thiophene rings is 1. The summed E-state index contributed by atoms with van der Waals surface area (Å²) in [7, 11) is -3.58. The fourth-order valence-electron chi connectivity index (χ4n) is 2.38. The predicted octanol–water partition coefficient (Wildman–Crippen LogP) is 4.38. The molecule has 146 valence electrons. The molecule has 0 aliphatic rings. The molecule has 8 heteroatoms. The first-order chi connectivity index (χ1) is 13.4. The Morgan fingerprint density at radius 1 is 1.04 bits per heavy atom. The van der Waals surface area contributed by atoms with Gasteiger partial charge in [-0.05, 0) is 54.8 Å². The summed E-state index contributed by atoms with van der Waals surface area (Å²) in [4.78, 5) is 13.4. The number of aryl methyl sites for hydroxylation is 1. The number of hydrogen-bond acceptors (Lipinski definition) is 5. The summed E-state index contributed by atoms with van der Waals surface area (Å²) >= 11 is 2.83. The van der Waals surface area contributed by atoms with Gasteiger partial charge >= 0.3 is 0 Å². The topological polar surface area (TPSA) is 75.3 Å². The fraction of sp³-hybridized carbons (Fsp3) is 0.150. The summed E-state index contributed by atoms with van der Waals surface area (Å²) in [6.07, 6.45) is 0. The second-order valence-electron chi connectivity index (χ2n) is 6.03. The van der Waals surface area contributed by atoms with Crippen molar-refractivity contribution in [2.24, 2.45) is 0 Å². The molecule has 0 fully saturated rings. The molecule has 0 spiro atoms. The maximum atomic E-state index is 12.2. The van der Waals surface area contributed by atoms with E-state index in [2.05, 4.69) is 34.3 Å². The molecule has 1 heterocycles. The van der Waals surface area contributed by atoms with Crippen LogP contribution >= 0.6 is 23.1 Å². The van der Waals surface area contributed by atoms with E-state index in [-0.39, 0.29) is 10.1 Å². The number of carbonyl (C=O) groups excluding carboxylic acids is 1. The minimum Gasteiger partial charge on any atom is -0.351 e. The van der Waals surface area contributed by atoms with Crippen LogP contribution < -0.4 is 10.0 Å². The molecule has 1 amide bonds. The van der Waals surface area contributed by atoms with Gasteiger partial charge in [-0.25, -0.2) is 8.42 Å². The molecule has 0 bridgehead atoms. The molecule has 0 radical (unpaired) electrons. The third kappa shape index (κ3) is 5.60. The quantitative estimate of drug-likeness (QED) is 0.409. The Labute approximate surface area is 173 Å². The van der Waals surface area contributed by atoms with Gasteiger partial charge in [0.1, 0.15) is 4.21 Å². The van der Waals surface area contributed by atoms with E-state index >= 15 is 0 Å². The Morgan fingerprint density at radius 3 is 2.39 bits per heavy atom. The second kappa shape index (κ2) is 9.27. The molecule has 0 aliphatic heterocycles. The summed E-state index contributed by atoms with van der Waals surface area (Å²) in [6, 6.07) is 17.9. The van der Waals surface area contributed by atoms with E-state index < -0.39 is 10.0 Å². The van der Waals surface area contributed by atoms with Crippen molar-refractivity contribution in [1.82, 2.24) is 5.32 Å². The van der Waals surface area contributed by atoms with Gasteiger partial charge in [0.2, 0.25) is 0 Å². The number of amides is 1. The van der Waals surface area contributed by atoms with Crippen LogP contribution in [0.15, 0.2) is 75.1 Å². The van der Waals surface area contributed by atoms with Crippen LogP contribution in [0.5, 0.6) is 0 Å². The first kappa shape index (κ1) is 20.4. The number of hydrogen-bond donors (Lipinski definition) is 2. The van der Waals surface area contributed by atoms with Gasteiger partial charge in [0.15, 0.2) is 0 Å². The summed E-state index contributed by atoms with van der Waals surface area (Å²) in [5.41, 5.74) is 2.12. The molecule has 5 nitrogen and oxygen atoms in total. The molecular weight excluding hydrogens is 412 g/mol. The summed E-state index contributed by atoms with van der Waals surface area (Å²) in [5.74, 6) is 0.588. The molecule has 2 N–H and O–H groups in total. The second-order valence-corrected chi connectivity index (χ2v) is 10.1. The maximum Gasteiger partial charge on any atom is 0.271 e. The van der Waals surface area contributed by atoms with Gasteiger partial charge in [0, 0.05) is 28.4 Å². The number of rotatable bonds is 8. The van der Waals surface area contributed by atoms with Crippen LogP contribution in [-0.2, 0) is 10.0 Å². The van der Waals surface area contributed by atoms with E-state index in [0.29, 0.717) is 17.8 Å². The van der Waals surface area contributed by atoms with Crippen LogP contribution in [-0.4, -0.2) is 26.6 Å². The van der Waals surface area contributed by atoms with Crippen molar-refractivity contribution in [3.05, 3.63) is 77.2 Å².